The zero-order valence-corrected chi connectivity index (χ0v) is 18.5. The number of nitrogens with one attached hydrogen (secondary N) is 4. The van der Waals surface area contributed by atoms with Gasteiger partial charge >= 0.3 is 5.69 Å². The van der Waals surface area contributed by atoms with Crippen LogP contribution < -0.4 is 15.7 Å². The van der Waals surface area contributed by atoms with Gasteiger partial charge in [0.25, 0.3) is 15.9 Å². The number of benzene rings is 2. The van der Waals surface area contributed by atoms with Gasteiger partial charge in [-0.25, -0.2) is 13.2 Å². The first-order chi connectivity index (χ1) is 14.7. The highest BCUT2D eigenvalue weighted by atomic mass is 32.2. The maximum absolute atomic E-state index is 12.9. The minimum absolute atomic E-state index is 0.0269. The lowest BCUT2D eigenvalue weighted by Gasteiger charge is -2.24. The summed E-state index contributed by atoms with van der Waals surface area (Å²) in [6.45, 7) is 8.27. The van der Waals surface area contributed by atoms with Crippen molar-refractivity contribution in [1.82, 2.24) is 20.2 Å². The standard InChI is InChI=1S/C21H27N5O4S/c1-4-26(14(2)3)12-11-22-20(27)16-7-5-6-8-17(16)25-31(29,30)15-9-10-18-19(13-15)24-21(28)23-18/h5-10,13-14,25H,4,11-12H2,1-3H3,(H,22,27)(H2,23,24,28). The third kappa shape index (κ3) is 5.33. The number of carbonyl (C=O) groups excluding carboxylic acids is 1. The van der Waals surface area contributed by atoms with E-state index in [1.807, 2.05) is 0 Å². The summed E-state index contributed by atoms with van der Waals surface area (Å²) in [6, 6.07) is 11.1. The highest BCUT2D eigenvalue weighted by molar-refractivity contribution is 7.92. The summed E-state index contributed by atoms with van der Waals surface area (Å²) in [7, 11) is -3.97. The lowest BCUT2D eigenvalue weighted by atomic mass is 10.1. The van der Waals surface area contributed by atoms with E-state index in [-0.39, 0.29) is 22.1 Å². The number of hydrogen-bond donors (Lipinski definition) is 4. The number of para-hydroxylation sites is 1. The second-order valence-corrected chi connectivity index (χ2v) is 9.10. The predicted molar refractivity (Wildman–Crippen MR) is 121 cm³/mol. The molecule has 0 aliphatic heterocycles. The number of imidazole rings is 1. The van der Waals surface area contributed by atoms with Crippen LogP contribution in [-0.2, 0) is 10.0 Å². The van der Waals surface area contributed by atoms with Crippen LogP contribution in [0.3, 0.4) is 0 Å². The van der Waals surface area contributed by atoms with Crippen molar-refractivity contribution in [1.29, 1.82) is 0 Å². The molecule has 0 spiro atoms. The fraction of sp³-hybridized carbons (Fsp3) is 0.333. The van der Waals surface area contributed by atoms with E-state index in [4.69, 9.17) is 0 Å². The van der Waals surface area contributed by atoms with Crippen molar-refractivity contribution in [2.75, 3.05) is 24.4 Å². The van der Waals surface area contributed by atoms with E-state index in [2.05, 4.69) is 45.7 Å². The van der Waals surface area contributed by atoms with Crippen LogP contribution in [0.15, 0.2) is 52.2 Å². The number of fused-ring (bicyclic) bond motifs is 1. The fourth-order valence-corrected chi connectivity index (χ4v) is 4.45. The Balaban J connectivity index is 1.77. The Kier molecular flexibility index (Phi) is 6.81. The molecule has 0 aliphatic carbocycles. The SMILES string of the molecule is CCN(CCNC(=O)c1ccccc1NS(=O)(=O)c1ccc2[nH]c(=O)[nH]c2c1)C(C)C. The first kappa shape index (κ1) is 22.6. The molecule has 0 aliphatic rings. The smallest absolute Gasteiger partial charge is 0.323 e. The Bertz CT molecular complexity index is 1230. The maximum Gasteiger partial charge on any atom is 0.323 e. The molecular weight excluding hydrogens is 418 g/mol. The van der Waals surface area contributed by atoms with Crippen LogP contribution in [0.1, 0.15) is 31.1 Å². The zero-order valence-electron chi connectivity index (χ0n) is 17.7. The molecule has 0 saturated carbocycles. The average molecular weight is 446 g/mol. The Morgan fingerprint density at radius 3 is 2.52 bits per heavy atom. The number of amides is 1. The number of aromatic nitrogens is 2. The van der Waals surface area contributed by atoms with Crippen LogP contribution in [-0.4, -0.2) is 54.9 Å². The molecule has 4 N–H and O–H groups in total. The molecule has 31 heavy (non-hydrogen) atoms. The van der Waals surface area contributed by atoms with E-state index in [0.717, 1.165) is 6.54 Å². The molecule has 3 aromatic rings. The molecule has 1 aromatic heterocycles. The summed E-state index contributed by atoms with van der Waals surface area (Å²) in [4.78, 5) is 31.4. The van der Waals surface area contributed by atoms with Crippen LogP contribution in [0.2, 0.25) is 0 Å². The van der Waals surface area contributed by atoms with E-state index in [0.29, 0.717) is 30.2 Å². The average Bonchev–Trinajstić information content (AvgIpc) is 3.10. The predicted octanol–water partition coefficient (Wildman–Crippen LogP) is 2.12. The van der Waals surface area contributed by atoms with Gasteiger partial charge in [0.15, 0.2) is 0 Å². The number of nitrogens with zero attached hydrogens (tertiary/aromatic N) is 1. The summed E-state index contributed by atoms with van der Waals surface area (Å²) in [5.74, 6) is -0.358. The summed E-state index contributed by atoms with van der Waals surface area (Å²) in [5, 5.41) is 2.85. The van der Waals surface area contributed by atoms with Crippen LogP contribution in [0.4, 0.5) is 5.69 Å². The topological polar surface area (TPSA) is 127 Å². The minimum Gasteiger partial charge on any atom is -0.351 e. The number of hydrogen-bond acceptors (Lipinski definition) is 5. The Labute approximate surface area is 180 Å². The van der Waals surface area contributed by atoms with Gasteiger partial charge in [-0.3, -0.25) is 14.4 Å². The number of rotatable bonds is 9. The molecule has 0 bridgehead atoms. The summed E-state index contributed by atoms with van der Waals surface area (Å²) >= 11 is 0. The third-order valence-corrected chi connectivity index (χ3v) is 6.40. The van der Waals surface area contributed by atoms with Crippen LogP contribution in [0.5, 0.6) is 0 Å². The van der Waals surface area contributed by atoms with Crippen LogP contribution in [0, 0.1) is 0 Å². The third-order valence-electron chi connectivity index (χ3n) is 5.03. The summed E-state index contributed by atoms with van der Waals surface area (Å²) in [6.07, 6.45) is 0. The highest BCUT2D eigenvalue weighted by Crippen LogP contribution is 2.22. The van der Waals surface area contributed by atoms with E-state index < -0.39 is 15.7 Å². The first-order valence-electron chi connectivity index (χ1n) is 10.1. The number of aromatic amines is 2. The van der Waals surface area contributed by atoms with Crippen molar-refractivity contribution in [2.24, 2.45) is 0 Å². The first-order valence-corrected chi connectivity index (χ1v) is 11.6. The molecule has 0 fully saturated rings. The van der Waals surface area contributed by atoms with Gasteiger partial charge in [0.05, 0.1) is 27.2 Å². The van der Waals surface area contributed by atoms with Crippen molar-refractivity contribution in [3.63, 3.8) is 0 Å². The molecule has 2 aromatic carbocycles. The molecule has 1 heterocycles. The van der Waals surface area contributed by atoms with Gasteiger partial charge in [0, 0.05) is 19.1 Å². The zero-order chi connectivity index (χ0) is 22.6. The molecule has 0 saturated heterocycles. The molecule has 166 valence electrons. The number of H-pyrrole nitrogens is 2. The number of carbonyl (C=O) groups is 1. The number of sulfonamides is 1. The molecule has 3 rings (SSSR count). The minimum atomic E-state index is -3.97. The van der Waals surface area contributed by atoms with Gasteiger partial charge in [-0.2, -0.15) is 0 Å². The quantitative estimate of drug-likeness (QED) is 0.401. The molecule has 10 heteroatoms. The van der Waals surface area contributed by atoms with Crippen LogP contribution in [0.25, 0.3) is 11.0 Å². The van der Waals surface area contributed by atoms with E-state index >= 15 is 0 Å². The fourth-order valence-electron chi connectivity index (χ4n) is 3.34. The molecule has 0 atom stereocenters. The van der Waals surface area contributed by atoms with Crippen molar-refractivity contribution in [2.45, 2.75) is 31.7 Å². The Morgan fingerprint density at radius 2 is 1.81 bits per heavy atom. The molecule has 9 nitrogen and oxygen atoms in total. The Hall–Kier alpha value is -3.11. The van der Waals surface area contributed by atoms with Crippen molar-refractivity contribution < 1.29 is 13.2 Å². The van der Waals surface area contributed by atoms with E-state index in [1.165, 1.54) is 24.3 Å². The number of likely N-dealkylation sites (N-methyl/N-ethyl adjacent to an activating group) is 1. The van der Waals surface area contributed by atoms with Gasteiger partial charge in [-0.15, -0.1) is 0 Å². The van der Waals surface area contributed by atoms with Gasteiger partial charge < -0.3 is 15.3 Å². The number of anilines is 1. The second-order valence-electron chi connectivity index (χ2n) is 7.42. The molecular formula is C21H27N5O4S. The van der Waals surface area contributed by atoms with Gasteiger partial charge in [0.1, 0.15) is 0 Å². The lowest BCUT2D eigenvalue weighted by molar-refractivity contribution is 0.0947. The van der Waals surface area contributed by atoms with E-state index in [1.54, 1.807) is 18.2 Å². The van der Waals surface area contributed by atoms with Crippen molar-refractivity contribution in [3.8, 4) is 0 Å². The largest absolute Gasteiger partial charge is 0.351 e. The highest BCUT2D eigenvalue weighted by Gasteiger charge is 2.19. The van der Waals surface area contributed by atoms with Crippen molar-refractivity contribution >= 4 is 32.7 Å². The maximum atomic E-state index is 12.9. The van der Waals surface area contributed by atoms with Gasteiger partial charge in [-0.05, 0) is 50.7 Å². The molecule has 1 amide bonds. The van der Waals surface area contributed by atoms with E-state index in [9.17, 15) is 18.0 Å². The lowest BCUT2D eigenvalue weighted by Crippen LogP contribution is -2.38. The Morgan fingerprint density at radius 1 is 1.10 bits per heavy atom. The second kappa shape index (κ2) is 9.36. The monoisotopic (exact) mass is 445 g/mol. The molecule has 0 unspecified atom stereocenters. The van der Waals surface area contributed by atoms with Crippen LogP contribution >= 0.6 is 0 Å². The van der Waals surface area contributed by atoms with Gasteiger partial charge in [0.2, 0.25) is 0 Å². The van der Waals surface area contributed by atoms with Gasteiger partial charge in [-0.1, -0.05) is 19.1 Å². The normalized spacial score (nSPS) is 11.9. The summed E-state index contributed by atoms with van der Waals surface area (Å²) < 4.78 is 28.3. The molecule has 0 radical (unpaired) electrons. The van der Waals surface area contributed by atoms with Crippen molar-refractivity contribution in [3.05, 3.63) is 58.5 Å². The summed E-state index contributed by atoms with van der Waals surface area (Å²) in [5.41, 5.74) is 0.878.